The molecule has 0 amide bonds. The Morgan fingerprint density at radius 2 is 1.78 bits per heavy atom. The molecule has 0 atom stereocenters. The van der Waals surface area contributed by atoms with Crippen LogP contribution in [-0.4, -0.2) is 13.3 Å². The summed E-state index contributed by atoms with van der Waals surface area (Å²) in [6.07, 6.45) is -4.89. The van der Waals surface area contributed by atoms with Crippen LogP contribution in [0.2, 0.25) is 0 Å². The van der Waals surface area contributed by atoms with E-state index < -0.39 is 43.9 Å². The summed E-state index contributed by atoms with van der Waals surface area (Å²) in [6, 6.07) is 1.17. The van der Waals surface area contributed by atoms with E-state index in [1.165, 1.54) is 0 Å². The Kier molecular flexibility index (Phi) is 3.60. The number of rotatable bonds is 3. The van der Waals surface area contributed by atoms with Gasteiger partial charge >= 0.3 is 16.4 Å². The molecular formula is C8H5F4NO4S. The Balaban J connectivity index is 3.36. The molecule has 0 aliphatic heterocycles. The van der Waals surface area contributed by atoms with Gasteiger partial charge in [0.25, 0.3) is 5.69 Å². The topological polar surface area (TPSA) is 77.3 Å². The standard InChI is InChI=1S/C8H5F4NO4S/c9-8(10,11)6-1-5(4-18(12,16)17)2-7(3-6)13(14)15/h1-3H,4H2. The highest BCUT2D eigenvalue weighted by molar-refractivity contribution is 7.85. The second-order valence-electron chi connectivity index (χ2n) is 3.33. The summed E-state index contributed by atoms with van der Waals surface area (Å²) in [5.41, 5.74) is -3.00. The minimum absolute atomic E-state index is 0.244. The number of nitrogens with zero attached hydrogens (tertiary/aromatic N) is 1. The Labute approximate surface area is 98.4 Å². The highest BCUT2D eigenvalue weighted by Gasteiger charge is 2.33. The fourth-order valence-corrected chi connectivity index (χ4v) is 1.79. The van der Waals surface area contributed by atoms with Crippen molar-refractivity contribution in [2.45, 2.75) is 11.9 Å². The molecule has 0 fully saturated rings. The summed E-state index contributed by atoms with van der Waals surface area (Å²) >= 11 is 0. The molecule has 0 aromatic heterocycles. The fraction of sp³-hybridized carbons (Fsp3) is 0.250. The van der Waals surface area contributed by atoms with Gasteiger partial charge in [-0.25, -0.2) is 0 Å². The van der Waals surface area contributed by atoms with Crippen LogP contribution in [0.5, 0.6) is 0 Å². The maximum Gasteiger partial charge on any atom is 0.416 e. The second-order valence-corrected chi connectivity index (χ2v) is 4.69. The van der Waals surface area contributed by atoms with Crippen molar-refractivity contribution in [1.82, 2.24) is 0 Å². The lowest BCUT2D eigenvalue weighted by Crippen LogP contribution is -2.08. The van der Waals surface area contributed by atoms with Gasteiger partial charge in [-0.15, -0.1) is 3.89 Å². The summed E-state index contributed by atoms with van der Waals surface area (Å²) in [5, 5.41) is 10.4. The number of nitro benzene ring substituents is 1. The molecule has 0 unspecified atom stereocenters. The van der Waals surface area contributed by atoms with Crippen molar-refractivity contribution < 1.29 is 30.4 Å². The van der Waals surface area contributed by atoms with Crippen LogP contribution in [-0.2, 0) is 22.2 Å². The van der Waals surface area contributed by atoms with Crippen molar-refractivity contribution in [2.75, 3.05) is 0 Å². The van der Waals surface area contributed by atoms with Crippen molar-refractivity contribution in [3.05, 3.63) is 39.4 Å². The zero-order chi connectivity index (χ0) is 14.1. The lowest BCUT2D eigenvalue weighted by molar-refractivity contribution is -0.385. The van der Waals surface area contributed by atoms with Gasteiger partial charge in [0.15, 0.2) is 0 Å². The maximum absolute atomic E-state index is 12.4. The van der Waals surface area contributed by atoms with Gasteiger partial charge < -0.3 is 0 Å². The van der Waals surface area contributed by atoms with Crippen molar-refractivity contribution in [3.8, 4) is 0 Å². The molecule has 5 nitrogen and oxygen atoms in total. The Bertz CT molecular complexity index is 581. The van der Waals surface area contributed by atoms with E-state index in [9.17, 15) is 35.6 Å². The van der Waals surface area contributed by atoms with Crippen molar-refractivity contribution in [1.29, 1.82) is 0 Å². The summed E-state index contributed by atoms with van der Waals surface area (Å²) in [4.78, 5) is 9.27. The molecule has 0 bridgehead atoms. The molecule has 0 N–H and O–H groups in total. The lowest BCUT2D eigenvalue weighted by atomic mass is 10.1. The number of nitro groups is 1. The SMILES string of the molecule is O=[N+]([O-])c1cc(CS(=O)(=O)F)cc(C(F)(F)F)c1. The smallest absolute Gasteiger partial charge is 0.258 e. The van der Waals surface area contributed by atoms with E-state index in [1.54, 1.807) is 0 Å². The van der Waals surface area contributed by atoms with Gasteiger partial charge in [-0.1, -0.05) is 0 Å². The van der Waals surface area contributed by atoms with Gasteiger partial charge in [0, 0.05) is 12.1 Å². The maximum atomic E-state index is 12.4. The fourth-order valence-electron chi connectivity index (χ4n) is 1.23. The third-order valence-corrected chi connectivity index (χ3v) is 2.53. The molecule has 0 heterocycles. The summed E-state index contributed by atoms with van der Waals surface area (Å²) in [7, 11) is -5.07. The molecule has 0 spiro atoms. The Morgan fingerprint density at radius 1 is 1.22 bits per heavy atom. The number of halogens is 4. The molecule has 1 rings (SSSR count). The molecule has 0 saturated carbocycles. The molecule has 1 aromatic rings. The van der Waals surface area contributed by atoms with E-state index in [4.69, 9.17) is 0 Å². The first kappa shape index (κ1) is 14.4. The molecule has 0 radical (unpaired) electrons. The van der Waals surface area contributed by atoms with Crippen LogP contribution < -0.4 is 0 Å². The third kappa shape index (κ3) is 3.95. The molecule has 100 valence electrons. The van der Waals surface area contributed by atoms with Gasteiger partial charge in [-0.2, -0.15) is 21.6 Å². The van der Waals surface area contributed by atoms with E-state index in [0.717, 1.165) is 0 Å². The number of hydrogen-bond donors (Lipinski definition) is 0. The van der Waals surface area contributed by atoms with Gasteiger partial charge in [0.2, 0.25) is 0 Å². The summed E-state index contributed by atoms with van der Waals surface area (Å²) in [5.74, 6) is -1.35. The minimum atomic E-state index is -5.07. The lowest BCUT2D eigenvalue weighted by Gasteiger charge is -2.08. The molecular weight excluding hydrogens is 282 g/mol. The van der Waals surface area contributed by atoms with E-state index in [0.29, 0.717) is 12.1 Å². The highest BCUT2D eigenvalue weighted by atomic mass is 32.3. The summed E-state index contributed by atoms with van der Waals surface area (Å²) < 4.78 is 70.1. The van der Waals surface area contributed by atoms with Gasteiger partial charge in [0.05, 0.1) is 10.5 Å². The van der Waals surface area contributed by atoms with Gasteiger partial charge in [0.1, 0.15) is 5.75 Å². The monoisotopic (exact) mass is 287 g/mol. The number of alkyl halides is 3. The molecule has 0 saturated heterocycles. The number of hydrogen-bond acceptors (Lipinski definition) is 4. The molecule has 0 aliphatic carbocycles. The predicted molar refractivity (Wildman–Crippen MR) is 51.8 cm³/mol. The second kappa shape index (κ2) is 4.52. The first-order valence-electron chi connectivity index (χ1n) is 4.27. The molecule has 1 aromatic carbocycles. The van der Waals surface area contributed by atoms with Crippen molar-refractivity contribution in [2.24, 2.45) is 0 Å². The zero-order valence-electron chi connectivity index (χ0n) is 8.44. The van der Waals surface area contributed by atoms with Crippen LogP contribution in [0, 0.1) is 10.1 Å². The van der Waals surface area contributed by atoms with Crippen LogP contribution in [0.3, 0.4) is 0 Å². The normalized spacial score (nSPS) is 12.4. The highest BCUT2D eigenvalue weighted by Crippen LogP contribution is 2.33. The Hall–Kier alpha value is -1.71. The van der Waals surface area contributed by atoms with Crippen LogP contribution >= 0.6 is 0 Å². The first-order valence-corrected chi connectivity index (χ1v) is 5.82. The van der Waals surface area contributed by atoms with E-state index in [2.05, 4.69) is 0 Å². The number of benzene rings is 1. The molecule has 0 aliphatic rings. The van der Waals surface area contributed by atoms with Crippen molar-refractivity contribution in [3.63, 3.8) is 0 Å². The van der Waals surface area contributed by atoms with Crippen LogP contribution in [0.4, 0.5) is 22.7 Å². The quantitative estimate of drug-likeness (QED) is 0.370. The largest absolute Gasteiger partial charge is 0.416 e. The van der Waals surface area contributed by atoms with Gasteiger partial charge in [-0.05, 0) is 11.6 Å². The third-order valence-electron chi connectivity index (χ3n) is 1.85. The Morgan fingerprint density at radius 3 is 2.17 bits per heavy atom. The van der Waals surface area contributed by atoms with E-state index in [1.807, 2.05) is 0 Å². The van der Waals surface area contributed by atoms with Crippen LogP contribution in [0.15, 0.2) is 18.2 Å². The van der Waals surface area contributed by atoms with E-state index in [-0.39, 0.29) is 6.07 Å². The first-order chi connectivity index (χ1) is 7.99. The molecule has 18 heavy (non-hydrogen) atoms. The molecule has 10 heteroatoms. The van der Waals surface area contributed by atoms with Crippen LogP contribution in [0.25, 0.3) is 0 Å². The van der Waals surface area contributed by atoms with Crippen LogP contribution in [0.1, 0.15) is 11.1 Å². The average Bonchev–Trinajstić information content (AvgIpc) is 2.12. The minimum Gasteiger partial charge on any atom is -0.258 e. The predicted octanol–water partition coefficient (Wildman–Crippen LogP) is 2.41. The van der Waals surface area contributed by atoms with Gasteiger partial charge in [-0.3, -0.25) is 10.1 Å². The van der Waals surface area contributed by atoms with E-state index >= 15 is 0 Å². The zero-order valence-corrected chi connectivity index (χ0v) is 9.26. The average molecular weight is 287 g/mol. The number of non-ortho nitro benzene ring substituents is 1. The van der Waals surface area contributed by atoms with Crippen molar-refractivity contribution >= 4 is 15.9 Å². The summed E-state index contributed by atoms with van der Waals surface area (Å²) in [6.45, 7) is 0.